The number of ether oxygens (including phenoxy) is 1. The number of anilines is 2. The van der Waals surface area contributed by atoms with Crippen molar-refractivity contribution in [2.24, 2.45) is 0 Å². The molecule has 24 heavy (non-hydrogen) atoms. The van der Waals surface area contributed by atoms with E-state index in [9.17, 15) is 9.59 Å². The van der Waals surface area contributed by atoms with Crippen LogP contribution in [0, 0.1) is 0 Å². The second kappa shape index (κ2) is 7.97. The maximum atomic E-state index is 12.3. The molecule has 0 spiro atoms. The smallest absolute Gasteiger partial charge is 0.255 e. The monoisotopic (exact) mass is 324 g/mol. The van der Waals surface area contributed by atoms with Crippen LogP contribution in [0.3, 0.4) is 0 Å². The highest BCUT2D eigenvalue weighted by molar-refractivity contribution is 6.04. The maximum absolute atomic E-state index is 12.3. The van der Waals surface area contributed by atoms with E-state index in [-0.39, 0.29) is 11.8 Å². The Hall–Kier alpha value is -3.08. The summed E-state index contributed by atoms with van der Waals surface area (Å²) in [5.74, 6) is 0.244. The number of benzene rings is 2. The Kier molecular flexibility index (Phi) is 5.73. The molecule has 124 valence electrons. The molecule has 0 heterocycles. The molecule has 0 saturated carbocycles. The first kappa shape index (κ1) is 17.3. The third-order valence-electron chi connectivity index (χ3n) is 3.04. The first-order valence-corrected chi connectivity index (χ1v) is 7.50. The van der Waals surface area contributed by atoms with Crippen molar-refractivity contribution in [2.75, 3.05) is 17.2 Å². The number of carbonyl (C=O) groups excluding carboxylic acids is 2. The zero-order valence-corrected chi connectivity index (χ0v) is 13.8. The molecule has 0 fully saturated rings. The minimum atomic E-state index is -0.233. The number of amides is 2. The Balaban J connectivity index is 2.02. The Morgan fingerprint density at radius 3 is 2.21 bits per heavy atom. The molecule has 5 nitrogen and oxygen atoms in total. The minimum absolute atomic E-state index is 0.140. The van der Waals surface area contributed by atoms with Gasteiger partial charge >= 0.3 is 0 Å². The Morgan fingerprint density at radius 1 is 1.00 bits per heavy atom. The predicted molar refractivity (Wildman–Crippen MR) is 95.4 cm³/mol. The topological polar surface area (TPSA) is 67.4 Å². The normalized spacial score (nSPS) is 9.92. The van der Waals surface area contributed by atoms with Crippen LogP contribution in [0.2, 0.25) is 0 Å². The van der Waals surface area contributed by atoms with Gasteiger partial charge in [0.1, 0.15) is 12.4 Å². The van der Waals surface area contributed by atoms with Crippen molar-refractivity contribution in [1.29, 1.82) is 0 Å². The number of carbonyl (C=O) groups is 2. The van der Waals surface area contributed by atoms with Gasteiger partial charge in [0.15, 0.2) is 0 Å². The van der Waals surface area contributed by atoms with E-state index in [1.807, 2.05) is 6.92 Å². The zero-order valence-electron chi connectivity index (χ0n) is 13.8. The highest BCUT2D eigenvalue weighted by atomic mass is 16.5. The van der Waals surface area contributed by atoms with E-state index in [4.69, 9.17) is 4.74 Å². The van der Waals surface area contributed by atoms with Crippen LogP contribution in [0.1, 0.15) is 24.2 Å². The first-order chi connectivity index (χ1) is 11.4. The van der Waals surface area contributed by atoms with Crippen molar-refractivity contribution < 1.29 is 14.3 Å². The lowest BCUT2D eigenvalue weighted by molar-refractivity contribution is -0.114. The lowest BCUT2D eigenvalue weighted by atomic mass is 10.2. The molecule has 0 aromatic heterocycles. The van der Waals surface area contributed by atoms with Gasteiger partial charge in [-0.05, 0) is 55.0 Å². The van der Waals surface area contributed by atoms with Crippen LogP contribution in [0.5, 0.6) is 5.75 Å². The molecule has 2 aromatic rings. The van der Waals surface area contributed by atoms with Gasteiger partial charge in [-0.15, -0.1) is 0 Å². The van der Waals surface area contributed by atoms with Gasteiger partial charge < -0.3 is 15.4 Å². The average molecular weight is 324 g/mol. The van der Waals surface area contributed by atoms with Gasteiger partial charge in [-0.1, -0.05) is 12.6 Å². The molecule has 0 atom stereocenters. The average Bonchev–Trinajstić information content (AvgIpc) is 2.54. The van der Waals surface area contributed by atoms with Crippen LogP contribution in [-0.2, 0) is 4.79 Å². The highest BCUT2D eigenvalue weighted by Crippen LogP contribution is 2.17. The lowest BCUT2D eigenvalue weighted by Crippen LogP contribution is -2.12. The van der Waals surface area contributed by atoms with Gasteiger partial charge in [0, 0.05) is 23.9 Å². The van der Waals surface area contributed by atoms with Crippen LogP contribution in [-0.4, -0.2) is 18.4 Å². The number of hydrogen-bond acceptors (Lipinski definition) is 3. The van der Waals surface area contributed by atoms with Crippen LogP contribution in [0.25, 0.3) is 0 Å². The molecule has 2 aromatic carbocycles. The van der Waals surface area contributed by atoms with Gasteiger partial charge in [0.2, 0.25) is 5.91 Å². The van der Waals surface area contributed by atoms with Gasteiger partial charge in [-0.25, -0.2) is 0 Å². The standard InChI is InChI=1S/C19H20N2O3/c1-13(2)12-24-18-6-4-5-15(11-18)19(23)21-17-9-7-16(8-10-17)20-14(3)22/h4-11H,1,12H2,2-3H3,(H,20,22)(H,21,23). The Morgan fingerprint density at radius 2 is 1.62 bits per heavy atom. The van der Waals surface area contributed by atoms with Gasteiger partial charge in [0.25, 0.3) is 5.91 Å². The van der Waals surface area contributed by atoms with Gasteiger partial charge in [0.05, 0.1) is 0 Å². The predicted octanol–water partition coefficient (Wildman–Crippen LogP) is 3.85. The van der Waals surface area contributed by atoms with E-state index in [2.05, 4.69) is 17.2 Å². The summed E-state index contributed by atoms with van der Waals surface area (Å²) in [5.41, 5.74) is 2.72. The summed E-state index contributed by atoms with van der Waals surface area (Å²) >= 11 is 0. The van der Waals surface area contributed by atoms with Crippen molar-refractivity contribution in [2.45, 2.75) is 13.8 Å². The number of rotatable bonds is 6. The molecule has 5 heteroatoms. The van der Waals surface area contributed by atoms with Crippen molar-refractivity contribution in [1.82, 2.24) is 0 Å². The molecular formula is C19H20N2O3. The van der Waals surface area contributed by atoms with Crippen molar-refractivity contribution >= 4 is 23.2 Å². The van der Waals surface area contributed by atoms with E-state index in [0.717, 1.165) is 5.57 Å². The maximum Gasteiger partial charge on any atom is 0.255 e. The molecule has 0 bridgehead atoms. The van der Waals surface area contributed by atoms with E-state index in [1.165, 1.54) is 6.92 Å². The first-order valence-electron chi connectivity index (χ1n) is 7.50. The summed E-state index contributed by atoms with van der Waals surface area (Å²) in [4.78, 5) is 23.3. The zero-order chi connectivity index (χ0) is 17.5. The van der Waals surface area contributed by atoms with Gasteiger partial charge in [-0.2, -0.15) is 0 Å². The third kappa shape index (κ3) is 5.28. The fraction of sp³-hybridized carbons (Fsp3) is 0.158. The minimum Gasteiger partial charge on any atom is -0.489 e. The Bertz CT molecular complexity index is 751. The molecule has 0 aliphatic rings. The van der Waals surface area contributed by atoms with Crippen molar-refractivity contribution in [3.8, 4) is 5.75 Å². The molecule has 0 unspecified atom stereocenters. The van der Waals surface area contributed by atoms with Crippen LogP contribution in [0.4, 0.5) is 11.4 Å². The molecule has 0 saturated heterocycles. The fourth-order valence-electron chi connectivity index (χ4n) is 1.98. The van der Waals surface area contributed by atoms with Crippen molar-refractivity contribution in [3.05, 3.63) is 66.2 Å². The second-order valence-corrected chi connectivity index (χ2v) is 5.49. The van der Waals surface area contributed by atoms with E-state index in [1.54, 1.807) is 48.5 Å². The van der Waals surface area contributed by atoms with E-state index in [0.29, 0.717) is 29.3 Å². The molecule has 0 radical (unpaired) electrons. The molecule has 2 rings (SSSR count). The molecule has 2 N–H and O–H groups in total. The van der Waals surface area contributed by atoms with Crippen LogP contribution in [0.15, 0.2) is 60.7 Å². The second-order valence-electron chi connectivity index (χ2n) is 5.49. The Labute approximate surface area is 141 Å². The van der Waals surface area contributed by atoms with E-state index < -0.39 is 0 Å². The summed E-state index contributed by atoms with van der Waals surface area (Å²) in [6.45, 7) is 7.51. The summed E-state index contributed by atoms with van der Waals surface area (Å²) in [6, 6.07) is 13.9. The van der Waals surface area contributed by atoms with Gasteiger partial charge in [-0.3, -0.25) is 9.59 Å². The fourth-order valence-corrected chi connectivity index (χ4v) is 1.98. The highest BCUT2D eigenvalue weighted by Gasteiger charge is 2.07. The van der Waals surface area contributed by atoms with Crippen molar-refractivity contribution in [3.63, 3.8) is 0 Å². The van der Waals surface area contributed by atoms with Crippen LogP contribution >= 0.6 is 0 Å². The summed E-state index contributed by atoms with van der Waals surface area (Å²) in [5, 5.41) is 5.48. The SMILES string of the molecule is C=C(C)COc1cccc(C(=O)Nc2ccc(NC(C)=O)cc2)c1. The molecule has 0 aliphatic carbocycles. The largest absolute Gasteiger partial charge is 0.489 e. The quantitative estimate of drug-likeness (QED) is 0.793. The number of nitrogens with one attached hydrogen (secondary N) is 2. The summed E-state index contributed by atoms with van der Waals surface area (Å²) in [7, 11) is 0. The molecule has 2 amide bonds. The molecule has 0 aliphatic heterocycles. The molecular weight excluding hydrogens is 304 g/mol. The summed E-state index contributed by atoms with van der Waals surface area (Å²) in [6.07, 6.45) is 0. The van der Waals surface area contributed by atoms with Crippen LogP contribution < -0.4 is 15.4 Å². The third-order valence-corrected chi connectivity index (χ3v) is 3.04. The lowest BCUT2D eigenvalue weighted by Gasteiger charge is -2.09. The number of hydrogen-bond donors (Lipinski definition) is 2. The van der Waals surface area contributed by atoms with E-state index >= 15 is 0 Å². The summed E-state index contributed by atoms with van der Waals surface area (Å²) < 4.78 is 5.54.